The van der Waals surface area contributed by atoms with Crippen LogP contribution in [0.2, 0.25) is 0 Å². The van der Waals surface area contributed by atoms with E-state index in [1.165, 1.54) is 0 Å². The van der Waals surface area contributed by atoms with E-state index >= 15 is 0 Å². The predicted molar refractivity (Wildman–Crippen MR) is 55.9 cm³/mol. The van der Waals surface area contributed by atoms with Crippen molar-refractivity contribution in [2.24, 2.45) is 0 Å². The van der Waals surface area contributed by atoms with E-state index in [1.54, 1.807) is 0 Å². The van der Waals surface area contributed by atoms with Gasteiger partial charge in [-0.2, -0.15) is 0 Å². The van der Waals surface area contributed by atoms with Crippen LogP contribution < -0.4 is 0 Å². The number of hydrogen-bond acceptors (Lipinski definition) is 2. The van der Waals surface area contributed by atoms with Crippen molar-refractivity contribution in [2.45, 2.75) is 65.1 Å². The Hall–Kier alpha value is -0.0800. The summed E-state index contributed by atoms with van der Waals surface area (Å²) in [5, 5.41) is 9.48. The molecule has 0 bridgehead atoms. The third-order valence-electron chi connectivity index (χ3n) is 2.66. The molecule has 2 nitrogen and oxygen atoms in total. The van der Waals surface area contributed by atoms with Gasteiger partial charge in [-0.25, -0.2) is 0 Å². The Morgan fingerprint density at radius 2 is 1.54 bits per heavy atom. The highest BCUT2D eigenvalue weighted by atomic mass is 16.5. The Morgan fingerprint density at radius 3 is 1.85 bits per heavy atom. The zero-order valence-electron chi connectivity index (χ0n) is 9.68. The predicted octanol–water partition coefficient (Wildman–Crippen LogP) is 2.74. The second kappa shape index (κ2) is 4.97. The van der Waals surface area contributed by atoms with Crippen molar-refractivity contribution in [3.63, 3.8) is 0 Å². The minimum atomic E-state index is -0.609. The van der Waals surface area contributed by atoms with Crippen LogP contribution in [-0.4, -0.2) is 22.9 Å². The summed E-state index contributed by atoms with van der Waals surface area (Å²) in [5.74, 6) is 0. The molecule has 0 heterocycles. The van der Waals surface area contributed by atoms with E-state index in [0.717, 1.165) is 12.8 Å². The fourth-order valence-corrected chi connectivity index (χ4v) is 1.00. The molecule has 0 aromatic rings. The summed E-state index contributed by atoms with van der Waals surface area (Å²) in [5.41, 5.74) is -0.617. The van der Waals surface area contributed by atoms with E-state index in [2.05, 4.69) is 20.8 Å². The molecule has 0 aromatic heterocycles. The van der Waals surface area contributed by atoms with Crippen LogP contribution in [0.4, 0.5) is 0 Å². The summed E-state index contributed by atoms with van der Waals surface area (Å²) < 4.78 is 5.74. The zero-order valence-corrected chi connectivity index (χ0v) is 9.68. The smallest absolute Gasteiger partial charge is 0.0649 e. The topological polar surface area (TPSA) is 29.5 Å². The van der Waals surface area contributed by atoms with E-state index in [0.29, 0.717) is 13.0 Å². The van der Waals surface area contributed by atoms with Gasteiger partial charge in [0.2, 0.25) is 0 Å². The molecule has 0 aliphatic heterocycles. The van der Waals surface area contributed by atoms with Gasteiger partial charge in [-0.05, 0) is 40.0 Å². The molecule has 13 heavy (non-hydrogen) atoms. The van der Waals surface area contributed by atoms with Crippen molar-refractivity contribution < 1.29 is 9.84 Å². The van der Waals surface area contributed by atoms with Crippen LogP contribution in [-0.2, 0) is 4.74 Å². The monoisotopic (exact) mass is 188 g/mol. The Bertz CT molecular complexity index is 132. The molecule has 0 atom stereocenters. The summed E-state index contributed by atoms with van der Waals surface area (Å²) >= 11 is 0. The zero-order chi connectivity index (χ0) is 10.5. The highest BCUT2D eigenvalue weighted by molar-refractivity contribution is 4.72. The molecule has 0 amide bonds. The fraction of sp³-hybridized carbons (Fsp3) is 1.00. The average molecular weight is 188 g/mol. The maximum Gasteiger partial charge on any atom is 0.0649 e. The van der Waals surface area contributed by atoms with Crippen LogP contribution in [0.15, 0.2) is 0 Å². The van der Waals surface area contributed by atoms with Crippen molar-refractivity contribution in [3.05, 3.63) is 0 Å². The van der Waals surface area contributed by atoms with Gasteiger partial charge in [-0.15, -0.1) is 0 Å². The Kier molecular flexibility index (Phi) is 4.93. The summed E-state index contributed by atoms with van der Waals surface area (Å²) in [7, 11) is 0. The molecule has 1 N–H and O–H groups in total. The molecule has 0 spiro atoms. The number of hydrogen-bond donors (Lipinski definition) is 1. The minimum absolute atomic E-state index is 0.00868. The van der Waals surface area contributed by atoms with Crippen LogP contribution in [0.5, 0.6) is 0 Å². The lowest BCUT2D eigenvalue weighted by Crippen LogP contribution is -2.30. The Morgan fingerprint density at radius 1 is 1.08 bits per heavy atom. The molecular formula is C11H24O2. The lowest BCUT2D eigenvalue weighted by atomic mass is 9.99. The van der Waals surface area contributed by atoms with Gasteiger partial charge >= 0.3 is 0 Å². The second-order valence-corrected chi connectivity index (χ2v) is 4.57. The molecule has 0 rings (SSSR count). The standard InChI is InChI=1S/C11H24O2/c1-6-11(5,7-2)13-9-8-10(3,4)12/h12H,6-9H2,1-5H3. The average Bonchev–Trinajstić information content (AvgIpc) is 2.02. The molecule has 0 fully saturated rings. The first-order chi connectivity index (χ1) is 5.83. The highest BCUT2D eigenvalue weighted by Gasteiger charge is 2.21. The first-order valence-electron chi connectivity index (χ1n) is 5.19. The van der Waals surface area contributed by atoms with Crippen molar-refractivity contribution in [1.82, 2.24) is 0 Å². The minimum Gasteiger partial charge on any atom is -0.390 e. The molecule has 0 aliphatic carbocycles. The maximum absolute atomic E-state index is 9.48. The lowest BCUT2D eigenvalue weighted by Gasteiger charge is -2.28. The molecule has 0 radical (unpaired) electrons. The van der Waals surface area contributed by atoms with Crippen molar-refractivity contribution in [3.8, 4) is 0 Å². The van der Waals surface area contributed by atoms with Crippen molar-refractivity contribution in [2.75, 3.05) is 6.61 Å². The van der Waals surface area contributed by atoms with Gasteiger partial charge in [0.1, 0.15) is 0 Å². The molecular weight excluding hydrogens is 164 g/mol. The normalized spacial score (nSPS) is 13.4. The second-order valence-electron chi connectivity index (χ2n) is 4.57. The lowest BCUT2D eigenvalue weighted by molar-refractivity contribution is -0.0602. The van der Waals surface area contributed by atoms with Gasteiger partial charge in [0.15, 0.2) is 0 Å². The van der Waals surface area contributed by atoms with Gasteiger partial charge in [0, 0.05) is 0 Å². The van der Waals surface area contributed by atoms with Gasteiger partial charge in [0.05, 0.1) is 17.8 Å². The van der Waals surface area contributed by atoms with Crippen LogP contribution in [0.1, 0.15) is 53.9 Å². The summed E-state index contributed by atoms with van der Waals surface area (Å²) in [6.07, 6.45) is 2.74. The first kappa shape index (κ1) is 12.9. The van der Waals surface area contributed by atoms with Crippen LogP contribution in [0.3, 0.4) is 0 Å². The van der Waals surface area contributed by atoms with E-state index in [-0.39, 0.29) is 5.60 Å². The third kappa shape index (κ3) is 6.05. The molecule has 2 heteroatoms. The molecule has 0 unspecified atom stereocenters. The van der Waals surface area contributed by atoms with Crippen LogP contribution in [0.25, 0.3) is 0 Å². The molecule has 0 aliphatic rings. The van der Waals surface area contributed by atoms with Gasteiger partial charge in [-0.3, -0.25) is 0 Å². The van der Waals surface area contributed by atoms with E-state index in [1.807, 2.05) is 13.8 Å². The van der Waals surface area contributed by atoms with E-state index in [4.69, 9.17) is 4.74 Å². The van der Waals surface area contributed by atoms with Crippen LogP contribution >= 0.6 is 0 Å². The maximum atomic E-state index is 9.48. The largest absolute Gasteiger partial charge is 0.390 e. The summed E-state index contributed by atoms with van der Waals surface area (Å²) in [6.45, 7) is 10.7. The first-order valence-corrected chi connectivity index (χ1v) is 5.19. The number of ether oxygens (including phenoxy) is 1. The summed E-state index contributed by atoms with van der Waals surface area (Å²) in [4.78, 5) is 0. The Balaban J connectivity index is 3.74. The quantitative estimate of drug-likeness (QED) is 0.694. The van der Waals surface area contributed by atoms with E-state index in [9.17, 15) is 5.11 Å². The van der Waals surface area contributed by atoms with E-state index < -0.39 is 5.60 Å². The highest BCUT2D eigenvalue weighted by Crippen LogP contribution is 2.20. The summed E-state index contributed by atoms with van der Waals surface area (Å²) in [6, 6.07) is 0. The van der Waals surface area contributed by atoms with Crippen molar-refractivity contribution >= 4 is 0 Å². The fourth-order valence-electron chi connectivity index (χ4n) is 1.00. The van der Waals surface area contributed by atoms with Gasteiger partial charge < -0.3 is 9.84 Å². The third-order valence-corrected chi connectivity index (χ3v) is 2.66. The van der Waals surface area contributed by atoms with Crippen LogP contribution in [0, 0.1) is 0 Å². The Labute approximate surface area is 82.3 Å². The molecule has 80 valence electrons. The molecule has 0 saturated heterocycles. The molecule has 0 aromatic carbocycles. The number of aliphatic hydroxyl groups is 1. The van der Waals surface area contributed by atoms with Gasteiger partial charge in [0.25, 0.3) is 0 Å². The van der Waals surface area contributed by atoms with Crippen molar-refractivity contribution in [1.29, 1.82) is 0 Å². The van der Waals surface area contributed by atoms with Gasteiger partial charge in [-0.1, -0.05) is 13.8 Å². The SMILES string of the molecule is CCC(C)(CC)OCCC(C)(C)O. The number of rotatable bonds is 6. The molecule has 0 saturated carbocycles.